The number of nitrogens with one attached hydrogen (secondary N) is 1. The summed E-state index contributed by atoms with van der Waals surface area (Å²) in [5.74, 6) is 1.55. The second-order valence-electron chi connectivity index (χ2n) is 5.42. The Morgan fingerprint density at radius 2 is 2.10 bits per heavy atom. The third-order valence-corrected chi connectivity index (χ3v) is 3.15. The monoisotopic (exact) mass is 279 g/mol. The zero-order chi connectivity index (χ0) is 15.1. The molecule has 0 radical (unpaired) electrons. The number of oxime groups is 1. The third-order valence-electron chi connectivity index (χ3n) is 3.15. The molecule has 1 unspecified atom stereocenters. The van der Waals surface area contributed by atoms with E-state index in [-0.39, 0.29) is 5.84 Å². The molecule has 0 aliphatic heterocycles. The lowest BCUT2D eigenvalue weighted by molar-refractivity contribution is 0.318. The normalized spacial score (nSPS) is 13.6. The van der Waals surface area contributed by atoms with Crippen molar-refractivity contribution in [2.24, 2.45) is 16.8 Å². The van der Waals surface area contributed by atoms with E-state index in [1.807, 2.05) is 12.1 Å². The standard InChI is InChI=1S/C15H25N3O2/c1-10(2)7-11(3)17-9-13-8-12(15(16)18-19)5-6-14(13)20-4/h5-6,8,10-11,17,19H,7,9H2,1-4H3,(H2,16,18). The Morgan fingerprint density at radius 3 is 2.65 bits per heavy atom. The third kappa shape index (κ3) is 4.74. The van der Waals surface area contributed by atoms with Crippen molar-refractivity contribution in [1.29, 1.82) is 0 Å². The molecule has 112 valence electrons. The fraction of sp³-hybridized carbons (Fsp3) is 0.533. The van der Waals surface area contributed by atoms with Gasteiger partial charge in [-0.05, 0) is 37.5 Å². The number of ether oxygens (including phenoxy) is 1. The summed E-state index contributed by atoms with van der Waals surface area (Å²) in [7, 11) is 1.64. The van der Waals surface area contributed by atoms with Crippen LogP contribution in [0, 0.1) is 5.92 Å². The molecule has 0 aliphatic rings. The van der Waals surface area contributed by atoms with Crippen LogP contribution in [0.25, 0.3) is 0 Å². The van der Waals surface area contributed by atoms with Crippen molar-refractivity contribution in [3.63, 3.8) is 0 Å². The van der Waals surface area contributed by atoms with Gasteiger partial charge in [-0.2, -0.15) is 0 Å². The Balaban J connectivity index is 2.81. The van der Waals surface area contributed by atoms with E-state index in [9.17, 15) is 0 Å². The lowest BCUT2D eigenvalue weighted by atomic mass is 10.0. The first-order chi connectivity index (χ1) is 9.47. The zero-order valence-corrected chi connectivity index (χ0v) is 12.7. The molecule has 4 N–H and O–H groups in total. The molecule has 0 heterocycles. The van der Waals surface area contributed by atoms with Crippen LogP contribution in [0.5, 0.6) is 5.75 Å². The van der Waals surface area contributed by atoms with Gasteiger partial charge in [0.05, 0.1) is 7.11 Å². The molecular weight excluding hydrogens is 254 g/mol. The smallest absolute Gasteiger partial charge is 0.170 e. The van der Waals surface area contributed by atoms with Crippen LogP contribution in [-0.4, -0.2) is 24.2 Å². The first-order valence-electron chi connectivity index (χ1n) is 6.86. The minimum absolute atomic E-state index is 0.101. The fourth-order valence-electron chi connectivity index (χ4n) is 2.21. The van der Waals surface area contributed by atoms with Crippen LogP contribution >= 0.6 is 0 Å². The van der Waals surface area contributed by atoms with E-state index in [0.717, 1.165) is 17.7 Å². The van der Waals surface area contributed by atoms with Gasteiger partial charge < -0.3 is 21.0 Å². The molecule has 5 nitrogen and oxygen atoms in total. The second kappa shape index (κ2) is 7.75. The molecule has 0 aromatic heterocycles. The van der Waals surface area contributed by atoms with Crippen LogP contribution in [0.3, 0.4) is 0 Å². The largest absolute Gasteiger partial charge is 0.496 e. The van der Waals surface area contributed by atoms with Gasteiger partial charge in [-0.15, -0.1) is 0 Å². The highest BCUT2D eigenvalue weighted by Gasteiger charge is 2.09. The van der Waals surface area contributed by atoms with Crippen LogP contribution < -0.4 is 15.8 Å². The molecule has 1 aromatic rings. The summed E-state index contributed by atoms with van der Waals surface area (Å²) in [6.07, 6.45) is 1.11. The first-order valence-corrected chi connectivity index (χ1v) is 6.86. The number of nitrogens with zero attached hydrogens (tertiary/aromatic N) is 1. The van der Waals surface area contributed by atoms with Gasteiger partial charge in [0.25, 0.3) is 0 Å². The fourth-order valence-corrected chi connectivity index (χ4v) is 2.21. The molecule has 1 rings (SSSR count). The van der Waals surface area contributed by atoms with Crippen molar-refractivity contribution in [2.45, 2.75) is 39.8 Å². The molecule has 0 saturated heterocycles. The Labute approximate surface area is 120 Å². The molecule has 0 fully saturated rings. The van der Waals surface area contributed by atoms with Gasteiger partial charge in [-0.3, -0.25) is 0 Å². The average Bonchev–Trinajstić information content (AvgIpc) is 2.43. The number of nitrogens with two attached hydrogens (primary N) is 1. The van der Waals surface area contributed by atoms with Gasteiger partial charge in [0.1, 0.15) is 5.75 Å². The van der Waals surface area contributed by atoms with E-state index >= 15 is 0 Å². The molecule has 5 heteroatoms. The van der Waals surface area contributed by atoms with Crippen molar-refractivity contribution in [2.75, 3.05) is 7.11 Å². The molecule has 20 heavy (non-hydrogen) atoms. The summed E-state index contributed by atoms with van der Waals surface area (Å²) < 4.78 is 5.34. The first kappa shape index (κ1) is 16.3. The Bertz CT molecular complexity index is 458. The van der Waals surface area contributed by atoms with Gasteiger partial charge >= 0.3 is 0 Å². The summed E-state index contributed by atoms with van der Waals surface area (Å²) in [6.45, 7) is 7.26. The molecule has 0 spiro atoms. The van der Waals surface area contributed by atoms with Gasteiger partial charge in [0, 0.05) is 23.7 Å². The quantitative estimate of drug-likeness (QED) is 0.310. The van der Waals surface area contributed by atoms with Crippen LogP contribution in [-0.2, 0) is 6.54 Å². The van der Waals surface area contributed by atoms with Crippen molar-refractivity contribution >= 4 is 5.84 Å². The van der Waals surface area contributed by atoms with Gasteiger partial charge in [0.2, 0.25) is 0 Å². The predicted octanol–water partition coefficient (Wildman–Crippen LogP) is 2.31. The second-order valence-corrected chi connectivity index (χ2v) is 5.42. The van der Waals surface area contributed by atoms with Gasteiger partial charge in [-0.25, -0.2) is 0 Å². The molecule has 0 amide bonds. The highest BCUT2D eigenvalue weighted by molar-refractivity contribution is 5.97. The molecular formula is C15H25N3O2. The van der Waals surface area contributed by atoms with Crippen molar-refractivity contribution in [3.05, 3.63) is 29.3 Å². The van der Waals surface area contributed by atoms with E-state index < -0.39 is 0 Å². The summed E-state index contributed by atoms with van der Waals surface area (Å²) in [5.41, 5.74) is 7.29. The van der Waals surface area contributed by atoms with Gasteiger partial charge in [-0.1, -0.05) is 19.0 Å². The van der Waals surface area contributed by atoms with Crippen LogP contribution in [0.4, 0.5) is 0 Å². The van der Waals surface area contributed by atoms with E-state index in [4.69, 9.17) is 15.7 Å². The Hall–Kier alpha value is -1.75. The maximum atomic E-state index is 8.74. The summed E-state index contributed by atoms with van der Waals surface area (Å²) in [4.78, 5) is 0. The van der Waals surface area contributed by atoms with Crippen LogP contribution in [0.2, 0.25) is 0 Å². The highest BCUT2D eigenvalue weighted by atomic mass is 16.5. The molecule has 0 saturated carbocycles. The van der Waals surface area contributed by atoms with E-state index in [1.54, 1.807) is 13.2 Å². The molecule has 0 aliphatic carbocycles. The maximum Gasteiger partial charge on any atom is 0.170 e. The number of methoxy groups -OCH3 is 1. The molecule has 1 aromatic carbocycles. The zero-order valence-electron chi connectivity index (χ0n) is 12.7. The minimum Gasteiger partial charge on any atom is -0.496 e. The number of hydrogen-bond donors (Lipinski definition) is 3. The highest BCUT2D eigenvalue weighted by Crippen LogP contribution is 2.20. The van der Waals surface area contributed by atoms with E-state index in [1.165, 1.54) is 0 Å². The molecule has 0 bridgehead atoms. The number of benzene rings is 1. The maximum absolute atomic E-state index is 8.74. The van der Waals surface area contributed by atoms with Crippen molar-refractivity contribution < 1.29 is 9.94 Å². The summed E-state index contributed by atoms with van der Waals surface area (Å²) in [6, 6.07) is 5.90. The van der Waals surface area contributed by atoms with Crippen LogP contribution in [0.1, 0.15) is 38.3 Å². The minimum atomic E-state index is 0.101. The number of amidine groups is 1. The van der Waals surface area contributed by atoms with Gasteiger partial charge in [0.15, 0.2) is 5.84 Å². The summed E-state index contributed by atoms with van der Waals surface area (Å²) in [5, 5.41) is 15.2. The Morgan fingerprint density at radius 1 is 1.40 bits per heavy atom. The number of rotatable bonds is 7. The average molecular weight is 279 g/mol. The molecule has 1 atom stereocenters. The topological polar surface area (TPSA) is 79.9 Å². The number of hydrogen-bond acceptors (Lipinski definition) is 4. The Kier molecular flexibility index (Phi) is 6.31. The summed E-state index contributed by atoms with van der Waals surface area (Å²) >= 11 is 0. The van der Waals surface area contributed by atoms with Crippen LogP contribution in [0.15, 0.2) is 23.4 Å². The van der Waals surface area contributed by atoms with E-state index in [0.29, 0.717) is 24.1 Å². The van der Waals surface area contributed by atoms with Crippen molar-refractivity contribution in [3.8, 4) is 5.75 Å². The lowest BCUT2D eigenvalue weighted by Crippen LogP contribution is -2.27. The lowest BCUT2D eigenvalue weighted by Gasteiger charge is -2.17. The van der Waals surface area contributed by atoms with E-state index in [2.05, 4.69) is 31.2 Å². The van der Waals surface area contributed by atoms with Crippen molar-refractivity contribution in [1.82, 2.24) is 5.32 Å². The SMILES string of the molecule is COc1ccc(/C(N)=N/O)cc1CNC(C)CC(C)C. The predicted molar refractivity (Wildman–Crippen MR) is 81.3 cm³/mol.